The first-order valence-electron chi connectivity index (χ1n) is 7.26. The first-order valence-corrected chi connectivity index (χ1v) is 9.09. The van der Waals surface area contributed by atoms with Crippen LogP contribution in [0.2, 0.25) is 10.0 Å². The number of benzene rings is 2. The molecule has 1 N–H and O–H groups in total. The van der Waals surface area contributed by atoms with Crippen molar-refractivity contribution in [3.05, 3.63) is 55.1 Å². The molecule has 128 valence electrons. The number of ether oxygens (including phenoxy) is 2. The van der Waals surface area contributed by atoms with Gasteiger partial charge in [0, 0.05) is 15.6 Å². The Bertz CT molecular complexity index is 719. The van der Waals surface area contributed by atoms with E-state index >= 15 is 0 Å². The summed E-state index contributed by atoms with van der Waals surface area (Å²) in [5, 5.41) is 5.45. The summed E-state index contributed by atoms with van der Waals surface area (Å²) in [6, 6.07) is 9.27. The van der Waals surface area contributed by atoms with Crippen LogP contribution in [0.5, 0.6) is 11.5 Å². The fraction of sp³-hybridized carbons (Fsp3) is 0.235. The normalized spacial score (nSPS) is 10.9. The quantitative estimate of drug-likeness (QED) is 0.341. The number of hydrogen-bond donors (Lipinski definition) is 1. The summed E-state index contributed by atoms with van der Waals surface area (Å²) in [4.78, 5) is 0. The zero-order chi connectivity index (χ0) is 17.5. The first kappa shape index (κ1) is 19.1. The van der Waals surface area contributed by atoms with Crippen LogP contribution >= 0.6 is 45.8 Å². The molecule has 0 spiro atoms. The van der Waals surface area contributed by atoms with Crippen molar-refractivity contribution in [2.75, 3.05) is 13.7 Å². The summed E-state index contributed by atoms with van der Waals surface area (Å²) in [5.74, 6) is 1.42. The second-order valence-electron chi connectivity index (χ2n) is 4.76. The largest absolute Gasteiger partial charge is 0.492 e. The van der Waals surface area contributed by atoms with Gasteiger partial charge in [0.25, 0.3) is 0 Å². The summed E-state index contributed by atoms with van der Waals surface area (Å²) in [5.41, 5.74) is 4.68. The Kier molecular flexibility index (Phi) is 7.45. The number of halogens is 3. The van der Waals surface area contributed by atoms with Crippen LogP contribution in [0.4, 0.5) is 0 Å². The molecule has 2 aromatic carbocycles. The molecule has 0 atom stereocenters. The molecule has 0 saturated heterocycles. The van der Waals surface area contributed by atoms with Gasteiger partial charge in [0.05, 0.1) is 30.0 Å². The van der Waals surface area contributed by atoms with Gasteiger partial charge in [-0.15, -0.1) is 0 Å². The maximum Gasteiger partial charge on any atom is 0.174 e. The minimum absolute atomic E-state index is 0.445. The highest BCUT2D eigenvalue weighted by Gasteiger charge is 2.10. The number of nitrogens with one attached hydrogen (secondary N) is 1. The van der Waals surface area contributed by atoms with Crippen molar-refractivity contribution in [1.82, 2.24) is 5.43 Å². The molecule has 0 saturated carbocycles. The standard InChI is InChI=1S/C17H17Cl2IN2O2/c1-3-24-16-8-11(7-15(20)17(16)23-2)9-21-22-10-12-13(18)5-4-6-14(12)19/h4-9,22H,3,10H2,1-2H3/b21-9+. The van der Waals surface area contributed by atoms with E-state index in [4.69, 9.17) is 32.7 Å². The summed E-state index contributed by atoms with van der Waals surface area (Å²) in [6.07, 6.45) is 1.72. The zero-order valence-electron chi connectivity index (χ0n) is 13.3. The maximum absolute atomic E-state index is 6.13. The van der Waals surface area contributed by atoms with Crippen molar-refractivity contribution >= 4 is 52.0 Å². The molecule has 4 nitrogen and oxygen atoms in total. The van der Waals surface area contributed by atoms with Crippen LogP contribution in [0.3, 0.4) is 0 Å². The maximum atomic E-state index is 6.13. The molecule has 2 aromatic rings. The fourth-order valence-corrected chi connectivity index (χ4v) is 3.45. The minimum atomic E-state index is 0.445. The van der Waals surface area contributed by atoms with Gasteiger partial charge in [-0.2, -0.15) is 5.10 Å². The molecule has 0 bridgehead atoms. The van der Waals surface area contributed by atoms with E-state index in [1.54, 1.807) is 25.5 Å². The van der Waals surface area contributed by atoms with Crippen LogP contribution in [-0.2, 0) is 6.54 Å². The van der Waals surface area contributed by atoms with Crippen LogP contribution in [0, 0.1) is 3.57 Å². The number of nitrogens with zero attached hydrogens (tertiary/aromatic N) is 1. The Hall–Kier alpha value is -1.18. The molecular formula is C17H17Cl2IN2O2. The van der Waals surface area contributed by atoms with Gasteiger partial charge in [-0.05, 0) is 59.3 Å². The summed E-state index contributed by atoms with van der Waals surface area (Å²) < 4.78 is 11.9. The van der Waals surface area contributed by atoms with Gasteiger partial charge in [-0.3, -0.25) is 0 Å². The lowest BCUT2D eigenvalue weighted by Gasteiger charge is -2.12. The second-order valence-corrected chi connectivity index (χ2v) is 6.74. The van der Waals surface area contributed by atoms with Crippen molar-refractivity contribution in [2.24, 2.45) is 5.10 Å². The molecule has 0 aromatic heterocycles. The average molecular weight is 479 g/mol. The Balaban J connectivity index is 2.09. The molecule has 0 aliphatic carbocycles. The molecule has 0 aliphatic rings. The van der Waals surface area contributed by atoms with Crippen LogP contribution in [0.15, 0.2) is 35.4 Å². The monoisotopic (exact) mass is 478 g/mol. The summed E-state index contributed by atoms with van der Waals surface area (Å²) >= 11 is 14.5. The van der Waals surface area contributed by atoms with E-state index in [1.807, 2.05) is 25.1 Å². The lowest BCUT2D eigenvalue weighted by atomic mass is 10.2. The highest BCUT2D eigenvalue weighted by molar-refractivity contribution is 14.1. The van der Waals surface area contributed by atoms with Crippen LogP contribution in [0.1, 0.15) is 18.1 Å². The van der Waals surface area contributed by atoms with Crippen molar-refractivity contribution < 1.29 is 9.47 Å². The van der Waals surface area contributed by atoms with Gasteiger partial charge in [0.2, 0.25) is 0 Å². The molecule has 0 heterocycles. The number of hydrogen-bond acceptors (Lipinski definition) is 4. The van der Waals surface area contributed by atoms with Crippen LogP contribution in [0.25, 0.3) is 0 Å². The molecule has 0 aliphatic heterocycles. The van der Waals surface area contributed by atoms with Crippen LogP contribution in [-0.4, -0.2) is 19.9 Å². The van der Waals surface area contributed by atoms with Gasteiger partial charge >= 0.3 is 0 Å². The van der Waals surface area contributed by atoms with Crippen LogP contribution < -0.4 is 14.9 Å². The van der Waals surface area contributed by atoms with Crippen molar-refractivity contribution in [3.8, 4) is 11.5 Å². The molecule has 0 fully saturated rings. The van der Waals surface area contributed by atoms with E-state index in [2.05, 4.69) is 33.1 Å². The average Bonchev–Trinajstić information content (AvgIpc) is 2.54. The second kappa shape index (κ2) is 9.34. The highest BCUT2D eigenvalue weighted by atomic mass is 127. The Morgan fingerprint density at radius 3 is 2.58 bits per heavy atom. The topological polar surface area (TPSA) is 42.8 Å². The third kappa shape index (κ3) is 4.91. The molecule has 7 heteroatoms. The van der Waals surface area contributed by atoms with E-state index in [1.165, 1.54) is 0 Å². The van der Waals surface area contributed by atoms with Gasteiger partial charge in [0.1, 0.15) is 0 Å². The van der Waals surface area contributed by atoms with E-state index in [0.29, 0.717) is 28.9 Å². The van der Waals surface area contributed by atoms with E-state index in [-0.39, 0.29) is 0 Å². The summed E-state index contributed by atoms with van der Waals surface area (Å²) in [6.45, 7) is 2.94. The zero-order valence-corrected chi connectivity index (χ0v) is 16.9. The lowest BCUT2D eigenvalue weighted by Crippen LogP contribution is -2.07. The predicted molar refractivity (Wildman–Crippen MR) is 108 cm³/mol. The van der Waals surface area contributed by atoms with Crippen molar-refractivity contribution in [1.29, 1.82) is 0 Å². The Morgan fingerprint density at radius 1 is 1.25 bits per heavy atom. The molecule has 24 heavy (non-hydrogen) atoms. The molecule has 0 unspecified atom stereocenters. The summed E-state index contributed by atoms with van der Waals surface area (Å²) in [7, 11) is 1.63. The third-order valence-corrected chi connectivity index (χ3v) is 4.67. The van der Waals surface area contributed by atoms with Crippen molar-refractivity contribution in [3.63, 3.8) is 0 Å². The Labute approximate surface area is 165 Å². The molecule has 0 amide bonds. The highest BCUT2D eigenvalue weighted by Crippen LogP contribution is 2.33. The van der Waals surface area contributed by atoms with Crippen molar-refractivity contribution in [2.45, 2.75) is 13.5 Å². The van der Waals surface area contributed by atoms with E-state index < -0.39 is 0 Å². The third-order valence-electron chi connectivity index (χ3n) is 3.16. The van der Waals surface area contributed by atoms with E-state index in [0.717, 1.165) is 20.4 Å². The SMILES string of the molecule is CCOc1cc(/C=N/NCc2c(Cl)cccc2Cl)cc(I)c1OC. The molecule has 0 radical (unpaired) electrons. The number of hydrazone groups is 1. The Morgan fingerprint density at radius 2 is 1.96 bits per heavy atom. The lowest BCUT2D eigenvalue weighted by molar-refractivity contribution is 0.309. The van der Waals surface area contributed by atoms with Gasteiger partial charge in [0.15, 0.2) is 11.5 Å². The predicted octanol–water partition coefficient (Wildman–Crippen LogP) is 5.13. The molecule has 2 rings (SSSR count). The van der Waals surface area contributed by atoms with Gasteiger partial charge in [-0.1, -0.05) is 29.3 Å². The molecular weight excluding hydrogens is 462 g/mol. The first-order chi connectivity index (χ1) is 11.6. The van der Waals surface area contributed by atoms with Gasteiger partial charge in [-0.25, -0.2) is 0 Å². The fourth-order valence-electron chi connectivity index (χ4n) is 2.07. The smallest absolute Gasteiger partial charge is 0.174 e. The van der Waals surface area contributed by atoms with E-state index in [9.17, 15) is 0 Å². The number of methoxy groups -OCH3 is 1. The van der Waals surface area contributed by atoms with Gasteiger partial charge < -0.3 is 14.9 Å². The number of rotatable bonds is 7. The minimum Gasteiger partial charge on any atom is -0.492 e.